The lowest BCUT2D eigenvalue weighted by molar-refractivity contribution is -0.140. The molecule has 2 heterocycles. The van der Waals surface area contributed by atoms with E-state index in [0.717, 1.165) is 12.0 Å². The second-order valence-corrected chi connectivity index (χ2v) is 4.19. The Hall–Kier alpha value is -1.46. The highest BCUT2D eigenvalue weighted by atomic mass is 16.5. The van der Waals surface area contributed by atoms with Crippen molar-refractivity contribution in [2.45, 2.75) is 12.5 Å². The fraction of sp³-hybridized carbons (Fsp3) is 0.500. The van der Waals surface area contributed by atoms with Crippen LogP contribution >= 0.6 is 0 Å². The molecule has 2 rings (SSSR count). The predicted molar refractivity (Wildman–Crippen MR) is 61.8 cm³/mol. The van der Waals surface area contributed by atoms with Crippen molar-refractivity contribution in [2.75, 3.05) is 26.2 Å². The van der Waals surface area contributed by atoms with Crippen LogP contribution in [0.1, 0.15) is 5.56 Å². The van der Waals surface area contributed by atoms with Gasteiger partial charge < -0.3 is 9.84 Å². The molecule has 1 N–H and O–H groups in total. The second kappa shape index (κ2) is 5.75. The molecule has 0 aromatic carbocycles. The Kier molecular flexibility index (Phi) is 4.06. The van der Waals surface area contributed by atoms with Gasteiger partial charge >= 0.3 is 5.97 Å². The largest absolute Gasteiger partial charge is 0.480 e. The molecule has 5 nitrogen and oxygen atoms in total. The number of carbonyl (C=O) groups is 1. The molecule has 0 amide bonds. The van der Waals surface area contributed by atoms with Crippen molar-refractivity contribution in [3.8, 4) is 0 Å². The lowest BCUT2D eigenvalue weighted by Gasteiger charge is -2.31. The van der Waals surface area contributed by atoms with E-state index in [1.807, 2.05) is 23.2 Å². The molecule has 1 aliphatic rings. The average Bonchev–Trinajstić information content (AvgIpc) is 2.30. The van der Waals surface area contributed by atoms with Crippen LogP contribution in [-0.4, -0.2) is 53.3 Å². The van der Waals surface area contributed by atoms with Crippen molar-refractivity contribution >= 4 is 5.97 Å². The third kappa shape index (κ3) is 3.80. The van der Waals surface area contributed by atoms with Gasteiger partial charge in [-0.1, -0.05) is 6.07 Å². The van der Waals surface area contributed by atoms with Gasteiger partial charge in [-0.2, -0.15) is 0 Å². The molecule has 17 heavy (non-hydrogen) atoms. The van der Waals surface area contributed by atoms with Crippen LogP contribution in [0.3, 0.4) is 0 Å². The number of rotatable bonds is 4. The summed E-state index contributed by atoms with van der Waals surface area (Å²) in [4.78, 5) is 16.6. The molecular formula is C12H16N2O3. The fourth-order valence-corrected chi connectivity index (χ4v) is 2.02. The van der Waals surface area contributed by atoms with E-state index in [2.05, 4.69) is 4.98 Å². The Morgan fingerprint density at radius 3 is 3.24 bits per heavy atom. The van der Waals surface area contributed by atoms with Crippen molar-refractivity contribution in [1.82, 2.24) is 9.88 Å². The summed E-state index contributed by atoms with van der Waals surface area (Å²) in [5, 5.41) is 8.75. The summed E-state index contributed by atoms with van der Waals surface area (Å²) >= 11 is 0. The maximum absolute atomic E-state index is 10.6. The van der Waals surface area contributed by atoms with E-state index in [0.29, 0.717) is 19.7 Å². The van der Waals surface area contributed by atoms with Crippen molar-refractivity contribution in [1.29, 1.82) is 0 Å². The summed E-state index contributed by atoms with van der Waals surface area (Å²) in [6.07, 6.45) is 4.40. The minimum atomic E-state index is -0.785. The van der Waals surface area contributed by atoms with Crippen LogP contribution in [0, 0.1) is 0 Å². The van der Waals surface area contributed by atoms with E-state index >= 15 is 0 Å². The minimum Gasteiger partial charge on any atom is -0.480 e. The summed E-state index contributed by atoms with van der Waals surface area (Å²) in [7, 11) is 0. The maximum Gasteiger partial charge on any atom is 0.317 e. The third-order valence-corrected chi connectivity index (χ3v) is 2.77. The molecule has 0 unspecified atom stereocenters. The molecule has 0 aliphatic carbocycles. The van der Waals surface area contributed by atoms with Crippen LogP contribution in [-0.2, 0) is 16.0 Å². The Labute approximate surface area is 100 Å². The molecule has 1 atom stereocenters. The van der Waals surface area contributed by atoms with Gasteiger partial charge in [0.25, 0.3) is 0 Å². The van der Waals surface area contributed by atoms with E-state index in [1.165, 1.54) is 0 Å². The van der Waals surface area contributed by atoms with Crippen LogP contribution in [0.25, 0.3) is 0 Å². The molecule has 1 aromatic heterocycles. The average molecular weight is 236 g/mol. The van der Waals surface area contributed by atoms with Crippen LogP contribution in [0.2, 0.25) is 0 Å². The monoisotopic (exact) mass is 236 g/mol. The first kappa shape index (κ1) is 12.0. The highest BCUT2D eigenvalue weighted by Crippen LogP contribution is 2.10. The van der Waals surface area contributed by atoms with Gasteiger partial charge in [-0.25, -0.2) is 0 Å². The lowest BCUT2D eigenvalue weighted by Crippen LogP contribution is -2.45. The number of hydrogen-bond donors (Lipinski definition) is 1. The SMILES string of the molecule is O=C(O)CN1CCO[C@@H](Cc2cccnc2)C1. The Morgan fingerprint density at radius 1 is 1.65 bits per heavy atom. The molecular weight excluding hydrogens is 220 g/mol. The Morgan fingerprint density at radius 2 is 2.53 bits per heavy atom. The van der Waals surface area contributed by atoms with Gasteiger partial charge in [-0.3, -0.25) is 14.7 Å². The maximum atomic E-state index is 10.6. The van der Waals surface area contributed by atoms with Crippen LogP contribution in [0.5, 0.6) is 0 Å². The summed E-state index contributed by atoms with van der Waals surface area (Å²) in [6.45, 7) is 2.04. The zero-order valence-corrected chi connectivity index (χ0v) is 9.58. The zero-order valence-electron chi connectivity index (χ0n) is 9.58. The first-order valence-electron chi connectivity index (χ1n) is 5.68. The molecule has 92 valence electrons. The molecule has 0 bridgehead atoms. The number of morpholine rings is 1. The first-order chi connectivity index (χ1) is 8.24. The quantitative estimate of drug-likeness (QED) is 0.820. The lowest BCUT2D eigenvalue weighted by atomic mass is 10.1. The summed E-state index contributed by atoms with van der Waals surface area (Å²) < 4.78 is 5.63. The fourth-order valence-electron chi connectivity index (χ4n) is 2.02. The number of aliphatic carboxylic acids is 1. The van der Waals surface area contributed by atoms with Gasteiger partial charge in [0.15, 0.2) is 0 Å². The second-order valence-electron chi connectivity index (χ2n) is 4.19. The molecule has 1 aliphatic heterocycles. The van der Waals surface area contributed by atoms with Gasteiger partial charge in [0.2, 0.25) is 0 Å². The van der Waals surface area contributed by atoms with E-state index in [4.69, 9.17) is 9.84 Å². The highest BCUT2D eigenvalue weighted by molar-refractivity contribution is 5.69. The Balaban J connectivity index is 1.87. The molecule has 1 saturated heterocycles. The van der Waals surface area contributed by atoms with Gasteiger partial charge in [-0.15, -0.1) is 0 Å². The number of hydrogen-bond acceptors (Lipinski definition) is 4. The predicted octanol–water partition coefficient (Wildman–Crippen LogP) is 0.409. The third-order valence-electron chi connectivity index (χ3n) is 2.77. The molecule has 5 heteroatoms. The van der Waals surface area contributed by atoms with Crippen molar-refractivity contribution in [3.05, 3.63) is 30.1 Å². The summed E-state index contributed by atoms with van der Waals surface area (Å²) in [5.41, 5.74) is 1.12. The van der Waals surface area contributed by atoms with Gasteiger partial charge in [0.05, 0.1) is 19.3 Å². The Bertz CT molecular complexity index is 369. The zero-order chi connectivity index (χ0) is 12.1. The number of carboxylic acid groups (broad SMARTS) is 1. The summed E-state index contributed by atoms with van der Waals surface area (Å²) in [6, 6.07) is 3.90. The van der Waals surface area contributed by atoms with E-state index < -0.39 is 5.97 Å². The van der Waals surface area contributed by atoms with E-state index in [-0.39, 0.29) is 12.6 Å². The number of carboxylic acids is 1. The summed E-state index contributed by atoms with van der Waals surface area (Å²) in [5.74, 6) is -0.785. The van der Waals surface area contributed by atoms with Gasteiger partial charge in [-0.05, 0) is 11.6 Å². The van der Waals surface area contributed by atoms with Crippen LogP contribution in [0.15, 0.2) is 24.5 Å². The van der Waals surface area contributed by atoms with Gasteiger partial charge in [0, 0.05) is 31.9 Å². The standard InChI is InChI=1S/C12H16N2O3/c15-12(16)9-14-4-5-17-11(8-14)6-10-2-1-3-13-7-10/h1-3,7,11H,4-6,8-9H2,(H,15,16)/t11-/m0/s1. The molecule has 1 aromatic rings. The number of nitrogens with zero attached hydrogens (tertiary/aromatic N) is 2. The molecule has 0 radical (unpaired) electrons. The van der Waals surface area contributed by atoms with Crippen LogP contribution in [0.4, 0.5) is 0 Å². The number of pyridine rings is 1. The molecule has 0 spiro atoms. The van der Waals surface area contributed by atoms with Crippen LogP contribution < -0.4 is 0 Å². The van der Waals surface area contributed by atoms with E-state index in [9.17, 15) is 4.79 Å². The van der Waals surface area contributed by atoms with Crippen molar-refractivity contribution < 1.29 is 14.6 Å². The molecule has 0 saturated carbocycles. The minimum absolute atomic E-state index is 0.0623. The van der Waals surface area contributed by atoms with Gasteiger partial charge in [0.1, 0.15) is 0 Å². The first-order valence-corrected chi connectivity index (χ1v) is 5.68. The number of ether oxygens (including phenoxy) is 1. The van der Waals surface area contributed by atoms with Crippen molar-refractivity contribution in [2.24, 2.45) is 0 Å². The molecule has 1 fully saturated rings. The van der Waals surface area contributed by atoms with Crippen molar-refractivity contribution in [3.63, 3.8) is 0 Å². The topological polar surface area (TPSA) is 62.7 Å². The van der Waals surface area contributed by atoms with E-state index in [1.54, 1.807) is 6.20 Å². The normalized spacial score (nSPS) is 21.3. The number of aromatic nitrogens is 1. The smallest absolute Gasteiger partial charge is 0.317 e. The highest BCUT2D eigenvalue weighted by Gasteiger charge is 2.22.